The van der Waals surface area contributed by atoms with Gasteiger partial charge in [-0.05, 0) is 55.2 Å². The highest BCUT2D eigenvalue weighted by molar-refractivity contribution is 5.89. The third kappa shape index (κ3) is 4.03. The molecule has 0 aliphatic carbocycles. The molecule has 2 N–H and O–H groups in total. The summed E-state index contributed by atoms with van der Waals surface area (Å²) >= 11 is 0. The van der Waals surface area contributed by atoms with E-state index in [1.54, 1.807) is 0 Å². The van der Waals surface area contributed by atoms with Crippen LogP contribution in [-0.2, 0) is 12.8 Å². The molecule has 1 heterocycles. The van der Waals surface area contributed by atoms with E-state index >= 15 is 0 Å². The first-order valence-corrected chi connectivity index (χ1v) is 7.99. The summed E-state index contributed by atoms with van der Waals surface area (Å²) in [6, 6.07) is 13.9. The Morgan fingerprint density at radius 3 is 2.96 bits per heavy atom. The first-order valence-electron chi connectivity index (χ1n) is 7.99. The Labute approximate surface area is 136 Å². The Kier molecular flexibility index (Phi) is 4.51. The first kappa shape index (κ1) is 15.4. The van der Waals surface area contributed by atoms with Crippen molar-refractivity contribution in [3.8, 4) is 5.75 Å². The largest absolute Gasteiger partial charge is 0.493 e. The second-order valence-corrected chi connectivity index (χ2v) is 6.11. The van der Waals surface area contributed by atoms with Crippen LogP contribution in [0.15, 0.2) is 42.5 Å². The van der Waals surface area contributed by atoms with E-state index < -0.39 is 0 Å². The molecule has 2 aromatic rings. The maximum Gasteiger partial charge on any atom is 0.319 e. The summed E-state index contributed by atoms with van der Waals surface area (Å²) in [4.78, 5) is 12.1. The Hall–Kier alpha value is -2.49. The topological polar surface area (TPSA) is 50.4 Å². The van der Waals surface area contributed by atoms with E-state index in [1.807, 2.05) is 44.2 Å². The molecule has 4 heteroatoms. The number of hydrogen-bond acceptors (Lipinski definition) is 2. The van der Waals surface area contributed by atoms with Gasteiger partial charge in [0.2, 0.25) is 0 Å². The monoisotopic (exact) mass is 310 g/mol. The molecule has 0 aromatic heterocycles. The van der Waals surface area contributed by atoms with Gasteiger partial charge in [0.15, 0.2) is 0 Å². The molecule has 0 saturated heterocycles. The number of carbonyl (C=O) groups is 1. The predicted molar refractivity (Wildman–Crippen MR) is 92.1 cm³/mol. The highest BCUT2D eigenvalue weighted by atomic mass is 16.5. The van der Waals surface area contributed by atoms with Gasteiger partial charge in [0, 0.05) is 18.2 Å². The molecule has 1 aliphatic rings. The molecule has 0 bridgehead atoms. The fourth-order valence-corrected chi connectivity index (χ4v) is 2.89. The number of rotatable bonds is 4. The minimum Gasteiger partial charge on any atom is -0.493 e. The summed E-state index contributed by atoms with van der Waals surface area (Å²) in [7, 11) is 0. The van der Waals surface area contributed by atoms with Gasteiger partial charge >= 0.3 is 6.03 Å². The highest BCUT2D eigenvalue weighted by Gasteiger charge is 2.14. The molecule has 0 spiro atoms. The molecule has 120 valence electrons. The standard InChI is InChI=1S/C19H22N2O2/c1-13-4-3-5-17(10-13)21-19(22)20-14(2)11-15-6-7-18-16(12-15)8-9-23-18/h3-7,10,12,14H,8-9,11H2,1-2H3,(H2,20,21,22). The predicted octanol–water partition coefficient (Wildman–Crippen LogP) is 3.68. The zero-order valence-electron chi connectivity index (χ0n) is 13.6. The van der Waals surface area contributed by atoms with Gasteiger partial charge in [0.05, 0.1) is 6.61 Å². The molecule has 0 saturated carbocycles. The van der Waals surface area contributed by atoms with E-state index in [2.05, 4.69) is 22.8 Å². The van der Waals surface area contributed by atoms with Gasteiger partial charge in [0.1, 0.15) is 5.75 Å². The van der Waals surface area contributed by atoms with Crippen molar-refractivity contribution in [2.45, 2.75) is 32.7 Å². The SMILES string of the molecule is Cc1cccc(NC(=O)NC(C)Cc2ccc3c(c2)CCO3)c1. The molecule has 0 fully saturated rings. The lowest BCUT2D eigenvalue weighted by molar-refractivity contribution is 0.249. The van der Waals surface area contributed by atoms with Crippen LogP contribution in [0.25, 0.3) is 0 Å². The molecule has 1 aliphatic heterocycles. The van der Waals surface area contributed by atoms with E-state index in [0.717, 1.165) is 36.4 Å². The van der Waals surface area contributed by atoms with Gasteiger partial charge in [-0.15, -0.1) is 0 Å². The molecule has 1 atom stereocenters. The lowest BCUT2D eigenvalue weighted by atomic mass is 10.0. The minimum absolute atomic E-state index is 0.0557. The number of anilines is 1. The van der Waals surface area contributed by atoms with Crippen LogP contribution < -0.4 is 15.4 Å². The summed E-state index contributed by atoms with van der Waals surface area (Å²) in [5.74, 6) is 0.992. The van der Waals surface area contributed by atoms with E-state index in [0.29, 0.717) is 0 Å². The van der Waals surface area contributed by atoms with Crippen LogP contribution in [-0.4, -0.2) is 18.7 Å². The van der Waals surface area contributed by atoms with Crippen LogP contribution in [0.4, 0.5) is 10.5 Å². The van der Waals surface area contributed by atoms with Gasteiger partial charge < -0.3 is 15.4 Å². The quantitative estimate of drug-likeness (QED) is 0.905. The number of benzene rings is 2. The number of nitrogens with one attached hydrogen (secondary N) is 2. The number of urea groups is 1. The van der Waals surface area contributed by atoms with Crippen molar-refractivity contribution in [2.75, 3.05) is 11.9 Å². The number of aryl methyl sites for hydroxylation is 1. The molecule has 1 unspecified atom stereocenters. The van der Waals surface area contributed by atoms with Gasteiger partial charge in [-0.2, -0.15) is 0 Å². The third-order valence-electron chi connectivity index (χ3n) is 3.95. The second-order valence-electron chi connectivity index (χ2n) is 6.11. The van der Waals surface area contributed by atoms with Crippen molar-refractivity contribution in [1.82, 2.24) is 5.32 Å². The van der Waals surface area contributed by atoms with Crippen molar-refractivity contribution >= 4 is 11.7 Å². The van der Waals surface area contributed by atoms with E-state index in [9.17, 15) is 4.79 Å². The van der Waals surface area contributed by atoms with Crippen LogP contribution in [0.3, 0.4) is 0 Å². The minimum atomic E-state index is -0.174. The number of amides is 2. The molecule has 2 amide bonds. The van der Waals surface area contributed by atoms with Crippen LogP contribution in [0.1, 0.15) is 23.6 Å². The smallest absolute Gasteiger partial charge is 0.319 e. The van der Waals surface area contributed by atoms with Gasteiger partial charge in [0.25, 0.3) is 0 Å². The molecular weight excluding hydrogens is 288 g/mol. The van der Waals surface area contributed by atoms with E-state index in [1.165, 1.54) is 11.1 Å². The number of fused-ring (bicyclic) bond motifs is 1. The molecule has 4 nitrogen and oxygen atoms in total. The number of ether oxygens (including phenoxy) is 1. The maximum atomic E-state index is 12.1. The maximum absolute atomic E-state index is 12.1. The van der Waals surface area contributed by atoms with Crippen molar-refractivity contribution in [3.63, 3.8) is 0 Å². The average molecular weight is 310 g/mol. The van der Waals surface area contributed by atoms with E-state index in [4.69, 9.17) is 4.74 Å². The van der Waals surface area contributed by atoms with Gasteiger partial charge in [-0.25, -0.2) is 4.79 Å². The van der Waals surface area contributed by atoms with E-state index in [-0.39, 0.29) is 12.1 Å². The zero-order chi connectivity index (χ0) is 16.2. The van der Waals surface area contributed by atoms with Gasteiger partial charge in [-0.3, -0.25) is 0 Å². The molecule has 23 heavy (non-hydrogen) atoms. The molecule has 3 rings (SSSR count). The van der Waals surface area contributed by atoms with Crippen molar-refractivity contribution in [2.24, 2.45) is 0 Å². The van der Waals surface area contributed by atoms with Crippen molar-refractivity contribution < 1.29 is 9.53 Å². The lowest BCUT2D eigenvalue weighted by Crippen LogP contribution is -2.37. The summed E-state index contributed by atoms with van der Waals surface area (Å²) in [6.45, 7) is 4.79. The Bertz CT molecular complexity index is 712. The van der Waals surface area contributed by atoms with Gasteiger partial charge in [-0.1, -0.05) is 24.3 Å². The fraction of sp³-hybridized carbons (Fsp3) is 0.316. The average Bonchev–Trinajstić information content (AvgIpc) is 2.94. The Morgan fingerprint density at radius 1 is 1.26 bits per heavy atom. The summed E-state index contributed by atoms with van der Waals surface area (Å²) in [5, 5.41) is 5.85. The third-order valence-corrected chi connectivity index (χ3v) is 3.95. The molecular formula is C19H22N2O2. The second kappa shape index (κ2) is 6.73. The lowest BCUT2D eigenvalue weighted by Gasteiger charge is -2.15. The Balaban J connectivity index is 1.54. The van der Waals surface area contributed by atoms with Crippen LogP contribution in [0.2, 0.25) is 0 Å². The summed E-state index contributed by atoms with van der Waals surface area (Å²) < 4.78 is 5.52. The van der Waals surface area contributed by atoms with Crippen LogP contribution in [0.5, 0.6) is 5.75 Å². The molecule has 0 radical (unpaired) electrons. The first-order chi connectivity index (χ1) is 11.1. The summed E-state index contributed by atoms with van der Waals surface area (Å²) in [6.07, 6.45) is 1.77. The van der Waals surface area contributed by atoms with Crippen LogP contribution >= 0.6 is 0 Å². The van der Waals surface area contributed by atoms with Crippen molar-refractivity contribution in [1.29, 1.82) is 0 Å². The fourth-order valence-electron chi connectivity index (χ4n) is 2.89. The normalized spacial score (nSPS) is 13.8. The van der Waals surface area contributed by atoms with Crippen LogP contribution in [0, 0.1) is 6.92 Å². The number of hydrogen-bond donors (Lipinski definition) is 2. The Morgan fingerprint density at radius 2 is 2.13 bits per heavy atom. The summed E-state index contributed by atoms with van der Waals surface area (Å²) in [5.41, 5.74) is 4.41. The highest BCUT2D eigenvalue weighted by Crippen LogP contribution is 2.26. The molecule has 2 aromatic carbocycles. The zero-order valence-corrected chi connectivity index (χ0v) is 13.6. The van der Waals surface area contributed by atoms with Crippen molar-refractivity contribution in [3.05, 3.63) is 59.2 Å². The number of carbonyl (C=O) groups excluding carboxylic acids is 1.